The van der Waals surface area contributed by atoms with Gasteiger partial charge in [0.05, 0.1) is 19.6 Å². The first-order valence-electron chi connectivity index (χ1n) is 7.58. The van der Waals surface area contributed by atoms with E-state index in [2.05, 4.69) is 5.32 Å². The van der Waals surface area contributed by atoms with Crippen molar-refractivity contribution < 1.29 is 27.5 Å². The summed E-state index contributed by atoms with van der Waals surface area (Å²) in [6.07, 6.45) is -3.96. The van der Waals surface area contributed by atoms with Gasteiger partial charge in [0.2, 0.25) is 5.91 Å². The first-order valence-corrected chi connectivity index (χ1v) is 7.58. The molecule has 1 heterocycles. The Bertz CT molecular complexity index is 587. The van der Waals surface area contributed by atoms with Gasteiger partial charge in [-0.05, 0) is 37.1 Å². The zero-order valence-corrected chi connectivity index (χ0v) is 13.2. The fraction of sp³-hybridized carbons (Fsp3) is 0.500. The number of hydrogen-bond acceptors (Lipinski definition) is 3. The van der Waals surface area contributed by atoms with Crippen molar-refractivity contribution in [1.29, 1.82) is 0 Å². The van der Waals surface area contributed by atoms with Crippen LogP contribution in [0.3, 0.4) is 0 Å². The maximum Gasteiger partial charge on any atom is 0.393 e. The third kappa shape index (κ3) is 4.62. The number of likely N-dealkylation sites (tertiary alicyclic amines) is 1. The van der Waals surface area contributed by atoms with E-state index in [1.165, 1.54) is 7.11 Å². The molecule has 1 N–H and O–H groups in total. The minimum Gasteiger partial charge on any atom is -0.497 e. The number of halogens is 3. The number of nitrogens with one attached hydrogen (secondary N) is 1. The second-order valence-electron chi connectivity index (χ2n) is 5.63. The van der Waals surface area contributed by atoms with Crippen LogP contribution in [0, 0.1) is 5.92 Å². The average molecular weight is 344 g/mol. The van der Waals surface area contributed by atoms with Gasteiger partial charge in [0, 0.05) is 18.7 Å². The van der Waals surface area contributed by atoms with E-state index < -0.39 is 23.9 Å². The number of methoxy groups -OCH3 is 1. The fourth-order valence-electron chi connectivity index (χ4n) is 2.58. The Morgan fingerprint density at radius 1 is 1.29 bits per heavy atom. The van der Waals surface area contributed by atoms with Crippen LogP contribution in [0.1, 0.15) is 23.2 Å². The lowest BCUT2D eigenvalue weighted by Crippen LogP contribution is -2.48. The lowest BCUT2D eigenvalue weighted by molar-refractivity contribution is -0.187. The van der Waals surface area contributed by atoms with E-state index in [0.29, 0.717) is 17.7 Å². The van der Waals surface area contributed by atoms with Gasteiger partial charge < -0.3 is 15.0 Å². The van der Waals surface area contributed by atoms with Crippen LogP contribution < -0.4 is 10.1 Å². The maximum absolute atomic E-state index is 12.8. The van der Waals surface area contributed by atoms with Crippen LogP contribution in [-0.4, -0.2) is 49.6 Å². The molecule has 5 nitrogen and oxygen atoms in total. The van der Waals surface area contributed by atoms with Gasteiger partial charge >= 0.3 is 6.18 Å². The normalized spacial score (nSPS) is 18.2. The highest BCUT2D eigenvalue weighted by Crippen LogP contribution is 2.33. The topological polar surface area (TPSA) is 58.6 Å². The molecule has 0 saturated carbocycles. The lowest BCUT2D eigenvalue weighted by atomic mass is 9.97. The molecule has 0 aliphatic carbocycles. The fourth-order valence-corrected chi connectivity index (χ4v) is 2.58. The number of nitrogens with zero attached hydrogens (tertiary/aromatic N) is 1. The zero-order valence-electron chi connectivity index (χ0n) is 13.2. The predicted molar refractivity (Wildman–Crippen MR) is 80.7 cm³/mol. The highest BCUT2D eigenvalue weighted by molar-refractivity contribution is 5.96. The van der Waals surface area contributed by atoms with Crippen LogP contribution in [0.2, 0.25) is 0 Å². The molecule has 0 unspecified atom stereocenters. The molecule has 1 atom stereocenters. The molecule has 132 valence electrons. The molecule has 1 aromatic carbocycles. The molecule has 0 radical (unpaired) electrons. The van der Waals surface area contributed by atoms with E-state index in [0.717, 1.165) is 4.90 Å². The van der Waals surface area contributed by atoms with Crippen molar-refractivity contribution in [1.82, 2.24) is 10.2 Å². The van der Waals surface area contributed by atoms with E-state index >= 15 is 0 Å². The summed E-state index contributed by atoms with van der Waals surface area (Å²) in [4.78, 5) is 25.1. The van der Waals surface area contributed by atoms with Crippen molar-refractivity contribution in [2.45, 2.75) is 19.0 Å². The van der Waals surface area contributed by atoms with E-state index in [1.807, 2.05) is 0 Å². The highest BCUT2D eigenvalue weighted by Gasteiger charge is 2.42. The third-order valence-electron chi connectivity index (χ3n) is 3.99. The summed E-state index contributed by atoms with van der Waals surface area (Å²) >= 11 is 0. The second-order valence-corrected chi connectivity index (χ2v) is 5.63. The molecule has 1 fully saturated rings. The standard InChI is InChI=1S/C16H19F3N2O3/c1-24-13-6-4-11(5-7-13)15(23)20-9-14(22)21-8-2-3-12(10-21)16(17,18)19/h4-7,12H,2-3,8-10H2,1H3,(H,20,23)/t12-/m1/s1. The Labute approximate surface area is 137 Å². The zero-order chi connectivity index (χ0) is 17.7. The smallest absolute Gasteiger partial charge is 0.393 e. The summed E-state index contributed by atoms with van der Waals surface area (Å²) < 4.78 is 43.3. The lowest BCUT2D eigenvalue weighted by Gasteiger charge is -2.33. The van der Waals surface area contributed by atoms with Gasteiger partial charge in [-0.2, -0.15) is 13.2 Å². The van der Waals surface area contributed by atoms with Crippen molar-refractivity contribution >= 4 is 11.8 Å². The summed E-state index contributed by atoms with van der Waals surface area (Å²) in [5.41, 5.74) is 0.343. The van der Waals surface area contributed by atoms with E-state index in [9.17, 15) is 22.8 Å². The Morgan fingerprint density at radius 3 is 2.54 bits per heavy atom. The number of carbonyl (C=O) groups is 2. The molecule has 0 bridgehead atoms. The van der Waals surface area contributed by atoms with Gasteiger partial charge in [0.1, 0.15) is 5.75 Å². The molecule has 1 aliphatic heterocycles. The Morgan fingerprint density at radius 2 is 1.96 bits per heavy atom. The van der Waals surface area contributed by atoms with Gasteiger partial charge in [-0.15, -0.1) is 0 Å². The first-order chi connectivity index (χ1) is 11.3. The van der Waals surface area contributed by atoms with Crippen LogP contribution in [0.5, 0.6) is 5.75 Å². The largest absolute Gasteiger partial charge is 0.497 e. The molecule has 0 spiro atoms. The third-order valence-corrected chi connectivity index (χ3v) is 3.99. The number of hydrogen-bond donors (Lipinski definition) is 1. The van der Waals surface area contributed by atoms with Gasteiger partial charge in [0.25, 0.3) is 5.91 Å². The van der Waals surface area contributed by atoms with E-state index in [1.54, 1.807) is 24.3 Å². The molecule has 24 heavy (non-hydrogen) atoms. The monoisotopic (exact) mass is 344 g/mol. The van der Waals surface area contributed by atoms with Crippen LogP contribution in [0.25, 0.3) is 0 Å². The number of piperidine rings is 1. The van der Waals surface area contributed by atoms with Gasteiger partial charge in [-0.25, -0.2) is 0 Å². The van der Waals surface area contributed by atoms with Gasteiger partial charge in [0.15, 0.2) is 0 Å². The van der Waals surface area contributed by atoms with Crippen molar-refractivity contribution in [3.05, 3.63) is 29.8 Å². The van der Waals surface area contributed by atoms with Crippen LogP contribution in [0.4, 0.5) is 13.2 Å². The molecule has 1 saturated heterocycles. The highest BCUT2D eigenvalue weighted by atomic mass is 19.4. The average Bonchev–Trinajstić information content (AvgIpc) is 2.58. The number of ether oxygens (including phenoxy) is 1. The molecular formula is C16H19F3N2O3. The number of benzene rings is 1. The van der Waals surface area contributed by atoms with E-state index in [-0.39, 0.29) is 26.1 Å². The van der Waals surface area contributed by atoms with Crippen molar-refractivity contribution in [2.24, 2.45) is 5.92 Å². The minimum atomic E-state index is -4.30. The molecular weight excluding hydrogens is 325 g/mol. The summed E-state index contributed by atoms with van der Waals surface area (Å²) in [6.45, 7) is -0.389. The molecule has 2 rings (SSSR count). The molecule has 1 aromatic rings. The molecule has 1 aliphatic rings. The SMILES string of the molecule is COc1ccc(C(=O)NCC(=O)N2CCC[C@@H](C(F)(F)F)C2)cc1. The van der Waals surface area contributed by atoms with Crippen LogP contribution >= 0.6 is 0 Å². The van der Waals surface area contributed by atoms with Crippen LogP contribution in [0.15, 0.2) is 24.3 Å². The summed E-state index contributed by atoms with van der Waals surface area (Å²) in [5.74, 6) is -1.87. The number of rotatable bonds is 4. The summed E-state index contributed by atoms with van der Waals surface area (Å²) in [6, 6.07) is 6.29. The van der Waals surface area contributed by atoms with Crippen molar-refractivity contribution in [3.63, 3.8) is 0 Å². The second kappa shape index (κ2) is 7.55. The Hall–Kier alpha value is -2.25. The molecule has 8 heteroatoms. The maximum atomic E-state index is 12.8. The van der Waals surface area contributed by atoms with Gasteiger partial charge in [-0.1, -0.05) is 0 Å². The number of alkyl halides is 3. The van der Waals surface area contributed by atoms with Crippen LogP contribution in [-0.2, 0) is 4.79 Å². The molecule has 2 amide bonds. The number of carbonyl (C=O) groups excluding carboxylic acids is 2. The summed E-state index contributed by atoms with van der Waals surface area (Å²) in [5, 5.41) is 2.43. The quantitative estimate of drug-likeness (QED) is 0.911. The minimum absolute atomic E-state index is 0.0332. The predicted octanol–water partition coefficient (Wildman–Crippen LogP) is 2.23. The first kappa shape index (κ1) is 18.1. The number of amides is 2. The Kier molecular flexibility index (Phi) is 5.69. The van der Waals surface area contributed by atoms with Gasteiger partial charge in [-0.3, -0.25) is 9.59 Å². The Balaban J connectivity index is 1.86. The van der Waals surface area contributed by atoms with E-state index in [4.69, 9.17) is 4.74 Å². The summed E-state index contributed by atoms with van der Waals surface area (Å²) in [7, 11) is 1.50. The molecule has 0 aromatic heterocycles. The van der Waals surface area contributed by atoms with Crippen molar-refractivity contribution in [3.8, 4) is 5.75 Å². The van der Waals surface area contributed by atoms with Crippen molar-refractivity contribution in [2.75, 3.05) is 26.7 Å².